The van der Waals surface area contributed by atoms with Crippen molar-refractivity contribution in [1.82, 2.24) is 14.9 Å². The molecular weight excluding hydrogens is 348 g/mol. The van der Waals surface area contributed by atoms with Crippen molar-refractivity contribution in [2.24, 2.45) is 0 Å². The number of nitrogens with zero attached hydrogens (tertiary/aromatic N) is 4. The summed E-state index contributed by atoms with van der Waals surface area (Å²) < 4.78 is 6.04. The van der Waals surface area contributed by atoms with Crippen LogP contribution in [0.25, 0.3) is 22.4 Å². The van der Waals surface area contributed by atoms with Crippen LogP contribution in [0.4, 0.5) is 10.8 Å². The first kappa shape index (κ1) is 15.9. The van der Waals surface area contributed by atoms with E-state index in [0.717, 1.165) is 24.1 Å². The molecule has 2 atom stereocenters. The van der Waals surface area contributed by atoms with Crippen molar-refractivity contribution in [3.8, 4) is 17.0 Å². The van der Waals surface area contributed by atoms with Gasteiger partial charge in [0.15, 0.2) is 11.1 Å². The van der Waals surface area contributed by atoms with E-state index in [9.17, 15) is 15.0 Å². The Morgan fingerprint density at radius 1 is 1.15 bits per heavy atom. The van der Waals surface area contributed by atoms with Crippen LogP contribution in [0, 0.1) is 0 Å². The molecule has 138 valence electrons. The highest BCUT2D eigenvalue weighted by molar-refractivity contribution is 5.93. The number of anilines is 1. The largest absolute Gasteiger partial charge is 0.506 e. The van der Waals surface area contributed by atoms with Crippen molar-refractivity contribution >= 4 is 23.2 Å². The molecule has 27 heavy (non-hydrogen) atoms. The number of aromatic nitrogens is 2. The Balaban J connectivity index is 1.54. The molecule has 2 N–H and O–H groups in total. The van der Waals surface area contributed by atoms with E-state index in [1.807, 2.05) is 23.1 Å². The lowest BCUT2D eigenvalue weighted by Crippen LogP contribution is -2.55. The molecule has 5 rings (SSSR count). The zero-order valence-electron chi connectivity index (χ0n) is 14.4. The molecule has 4 heterocycles. The number of oxazole rings is 1. The maximum absolute atomic E-state index is 11.5. The first-order chi connectivity index (χ1) is 13.1. The molecule has 0 aliphatic carbocycles. The van der Waals surface area contributed by atoms with Gasteiger partial charge < -0.3 is 19.5 Å². The summed E-state index contributed by atoms with van der Waals surface area (Å²) in [5.41, 5.74) is 2.37. The third-order valence-corrected chi connectivity index (χ3v) is 5.43. The van der Waals surface area contributed by atoms with E-state index >= 15 is 0 Å². The Morgan fingerprint density at radius 2 is 1.93 bits per heavy atom. The van der Waals surface area contributed by atoms with Crippen LogP contribution < -0.4 is 4.90 Å². The molecule has 0 spiro atoms. The Labute approximate surface area is 154 Å². The number of carboxylic acid groups (broad SMARTS) is 1. The maximum Gasteiger partial charge on any atom is 0.407 e. The fourth-order valence-electron chi connectivity index (χ4n) is 4.21. The fourth-order valence-corrected chi connectivity index (χ4v) is 4.21. The Morgan fingerprint density at radius 3 is 2.59 bits per heavy atom. The average Bonchev–Trinajstić information content (AvgIpc) is 3.23. The zero-order valence-corrected chi connectivity index (χ0v) is 14.4. The minimum absolute atomic E-state index is 0.0480. The number of hydrogen-bond donors (Lipinski definition) is 2. The number of phenols is 1. The Bertz CT molecular complexity index is 1010. The highest BCUT2D eigenvalue weighted by Gasteiger charge is 2.43. The summed E-state index contributed by atoms with van der Waals surface area (Å²) in [5.74, 6) is 0.0480. The number of benzene rings is 1. The molecule has 2 bridgehead atoms. The smallest absolute Gasteiger partial charge is 0.407 e. The number of carbonyl (C=O) groups is 1. The monoisotopic (exact) mass is 366 g/mol. The van der Waals surface area contributed by atoms with E-state index in [4.69, 9.17) is 4.42 Å². The molecule has 0 radical (unpaired) electrons. The second-order valence-electron chi connectivity index (χ2n) is 7.00. The average molecular weight is 366 g/mol. The minimum atomic E-state index is -0.866. The molecule has 2 saturated heterocycles. The number of aromatic hydroxyl groups is 1. The van der Waals surface area contributed by atoms with Crippen LogP contribution in [-0.2, 0) is 0 Å². The van der Waals surface area contributed by atoms with Gasteiger partial charge in [0.1, 0.15) is 5.75 Å². The van der Waals surface area contributed by atoms with Crippen LogP contribution in [0.5, 0.6) is 5.75 Å². The van der Waals surface area contributed by atoms with Gasteiger partial charge in [-0.3, -0.25) is 9.88 Å². The molecule has 3 aromatic rings. The summed E-state index contributed by atoms with van der Waals surface area (Å²) in [6.07, 6.45) is 2.53. The highest BCUT2D eigenvalue weighted by atomic mass is 16.4. The number of phenolic OH excluding ortho intramolecular Hbond substituents is 1. The predicted molar refractivity (Wildman–Crippen MR) is 97.8 cm³/mol. The van der Waals surface area contributed by atoms with E-state index in [0.29, 0.717) is 30.2 Å². The lowest BCUT2D eigenvalue weighted by Gasteiger charge is -2.38. The summed E-state index contributed by atoms with van der Waals surface area (Å²) in [5, 5.41) is 19.7. The summed E-state index contributed by atoms with van der Waals surface area (Å²) >= 11 is 0. The van der Waals surface area contributed by atoms with Gasteiger partial charge >= 0.3 is 6.09 Å². The van der Waals surface area contributed by atoms with Crippen LogP contribution in [0.2, 0.25) is 0 Å². The Hall–Kier alpha value is -3.29. The first-order valence-corrected chi connectivity index (χ1v) is 8.92. The van der Waals surface area contributed by atoms with Crippen LogP contribution >= 0.6 is 0 Å². The van der Waals surface area contributed by atoms with Crippen molar-refractivity contribution in [3.63, 3.8) is 0 Å². The van der Waals surface area contributed by atoms with Gasteiger partial charge in [-0.25, -0.2) is 4.79 Å². The molecule has 0 saturated carbocycles. The van der Waals surface area contributed by atoms with Gasteiger partial charge in [-0.05, 0) is 37.1 Å². The van der Waals surface area contributed by atoms with E-state index in [1.54, 1.807) is 23.2 Å². The molecule has 1 amide bonds. The quantitative estimate of drug-likeness (QED) is 0.719. The molecule has 8 nitrogen and oxygen atoms in total. The van der Waals surface area contributed by atoms with Crippen LogP contribution in [0.3, 0.4) is 0 Å². The van der Waals surface area contributed by atoms with Crippen molar-refractivity contribution in [3.05, 3.63) is 36.5 Å². The molecule has 1 aromatic carbocycles. The van der Waals surface area contributed by atoms with Crippen molar-refractivity contribution in [2.45, 2.75) is 24.9 Å². The zero-order chi connectivity index (χ0) is 18.5. The minimum Gasteiger partial charge on any atom is -0.506 e. The molecule has 2 aliphatic rings. The second-order valence-corrected chi connectivity index (χ2v) is 7.00. The SMILES string of the molecule is O=C(O)N1C2CCC1CN(c1nc3c(O)ccc(-c4ccccn4)c3o1)C2. The number of pyridine rings is 1. The van der Waals surface area contributed by atoms with Crippen LogP contribution in [0.1, 0.15) is 12.8 Å². The second kappa shape index (κ2) is 5.87. The van der Waals surface area contributed by atoms with Gasteiger partial charge in [-0.1, -0.05) is 6.07 Å². The topological polar surface area (TPSA) is 103 Å². The standard InChI is InChI=1S/C19H18N4O4/c24-15-7-6-13(14-3-1-2-8-20-14)17-16(15)21-18(27-17)22-9-11-4-5-12(10-22)23(11)19(25)26/h1-3,6-8,11-12,24H,4-5,9-10H2,(H,25,26). The van der Waals surface area contributed by atoms with Gasteiger partial charge in [0.05, 0.1) is 17.8 Å². The molecule has 2 aliphatic heterocycles. The predicted octanol–water partition coefficient (Wildman–Crippen LogP) is 2.93. The van der Waals surface area contributed by atoms with Gasteiger partial charge in [-0.2, -0.15) is 4.98 Å². The van der Waals surface area contributed by atoms with E-state index in [-0.39, 0.29) is 17.8 Å². The molecule has 2 aromatic heterocycles. The van der Waals surface area contributed by atoms with Crippen molar-refractivity contribution < 1.29 is 19.4 Å². The number of piperazine rings is 1. The van der Waals surface area contributed by atoms with Crippen LogP contribution in [0.15, 0.2) is 40.9 Å². The van der Waals surface area contributed by atoms with Gasteiger partial charge in [-0.15, -0.1) is 0 Å². The summed E-state index contributed by atoms with van der Waals surface area (Å²) in [7, 11) is 0. The van der Waals surface area contributed by atoms with E-state index in [1.165, 1.54) is 0 Å². The van der Waals surface area contributed by atoms with Crippen LogP contribution in [-0.4, -0.2) is 56.3 Å². The Kier molecular flexibility index (Phi) is 3.46. The lowest BCUT2D eigenvalue weighted by molar-refractivity contribution is 0.114. The summed E-state index contributed by atoms with van der Waals surface area (Å²) in [6, 6.07) is 9.25. The summed E-state index contributed by atoms with van der Waals surface area (Å²) in [4.78, 5) is 23.9. The van der Waals surface area contributed by atoms with E-state index in [2.05, 4.69) is 9.97 Å². The third kappa shape index (κ3) is 2.48. The summed E-state index contributed by atoms with van der Waals surface area (Å²) in [6.45, 7) is 1.07. The van der Waals surface area contributed by atoms with E-state index < -0.39 is 6.09 Å². The molecule has 8 heteroatoms. The number of amides is 1. The first-order valence-electron chi connectivity index (χ1n) is 8.92. The molecule has 2 unspecified atom stereocenters. The highest BCUT2D eigenvalue weighted by Crippen LogP contribution is 2.38. The van der Waals surface area contributed by atoms with Gasteiger partial charge in [0.25, 0.3) is 6.01 Å². The lowest BCUT2D eigenvalue weighted by atomic mass is 10.1. The number of fused-ring (bicyclic) bond motifs is 3. The maximum atomic E-state index is 11.5. The van der Waals surface area contributed by atoms with Gasteiger partial charge in [0, 0.05) is 24.8 Å². The number of hydrogen-bond acceptors (Lipinski definition) is 6. The van der Waals surface area contributed by atoms with Crippen molar-refractivity contribution in [2.75, 3.05) is 18.0 Å². The molecule has 2 fully saturated rings. The number of rotatable bonds is 2. The third-order valence-electron chi connectivity index (χ3n) is 5.43. The molecular formula is C19H18N4O4. The van der Waals surface area contributed by atoms with Crippen molar-refractivity contribution in [1.29, 1.82) is 0 Å². The fraction of sp³-hybridized carbons (Fsp3) is 0.316. The normalized spacial score (nSPS) is 21.8. The van der Waals surface area contributed by atoms with Gasteiger partial charge in [0.2, 0.25) is 0 Å².